The number of hydrogen-bond acceptors (Lipinski definition) is 10. The number of hydrogen-bond donors (Lipinski definition) is 0. The Bertz CT molecular complexity index is 1270. The van der Waals surface area contributed by atoms with E-state index >= 15 is 0 Å². The van der Waals surface area contributed by atoms with Crippen molar-refractivity contribution in [2.24, 2.45) is 41.4 Å². The van der Waals surface area contributed by atoms with Gasteiger partial charge in [0.1, 0.15) is 0 Å². The average molecular weight is 699 g/mol. The van der Waals surface area contributed by atoms with E-state index in [0.29, 0.717) is 83.6 Å². The highest BCUT2D eigenvalue weighted by atomic mass is 16.7. The van der Waals surface area contributed by atoms with Crippen molar-refractivity contribution >= 4 is 36.1 Å². The smallest absolute Gasteiger partial charge is 0.308 e. The summed E-state index contributed by atoms with van der Waals surface area (Å²) in [4.78, 5) is 76.8. The third-order valence-electron chi connectivity index (χ3n) is 10.9. The molecule has 4 bridgehead atoms. The number of carbonyl (C=O) groups is 6. The SMILES string of the molecule is CC(OCCCCOC(C)OC(=O)CCCCCN1C(=O)C2C3C=CC(C3)C2C1=O)OC(=O)CCCCCN(C=O)C(=O)C1CC2C=CC1C2. The summed E-state index contributed by atoms with van der Waals surface area (Å²) in [5.74, 6) is -0.0496. The van der Waals surface area contributed by atoms with Crippen LogP contribution in [0.15, 0.2) is 24.3 Å². The van der Waals surface area contributed by atoms with Crippen LogP contribution in [-0.4, -0.2) is 84.8 Å². The third kappa shape index (κ3) is 9.69. The van der Waals surface area contributed by atoms with Gasteiger partial charge in [0.05, 0.1) is 25.0 Å². The molecule has 9 unspecified atom stereocenters. The molecule has 50 heavy (non-hydrogen) atoms. The first kappa shape index (κ1) is 37.9. The van der Waals surface area contributed by atoms with Crippen molar-refractivity contribution in [3.63, 3.8) is 0 Å². The van der Waals surface area contributed by atoms with Crippen LogP contribution >= 0.6 is 0 Å². The van der Waals surface area contributed by atoms with Gasteiger partial charge in [-0.25, -0.2) is 0 Å². The Labute approximate surface area is 295 Å². The predicted octanol–water partition coefficient (Wildman–Crippen LogP) is 4.70. The van der Waals surface area contributed by atoms with Crippen LogP contribution in [0.2, 0.25) is 0 Å². The molecule has 2 saturated carbocycles. The summed E-state index contributed by atoms with van der Waals surface area (Å²) in [6.07, 6.45) is 16.3. The quantitative estimate of drug-likeness (QED) is 0.0368. The first-order valence-electron chi connectivity index (χ1n) is 18.8. The Balaban J connectivity index is 0.803. The van der Waals surface area contributed by atoms with Gasteiger partial charge in [0, 0.05) is 31.8 Å². The van der Waals surface area contributed by atoms with E-state index in [9.17, 15) is 28.8 Å². The van der Waals surface area contributed by atoms with E-state index < -0.39 is 12.6 Å². The highest BCUT2D eigenvalue weighted by Gasteiger charge is 2.58. The molecule has 4 amide bonds. The monoisotopic (exact) mass is 698 g/mol. The molecule has 5 aliphatic rings. The van der Waals surface area contributed by atoms with Crippen LogP contribution in [0.1, 0.15) is 97.3 Å². The van der Waals surface area contributed by atoms with E-state index in [2.05, 4.69) is 24.3 Å². The van der Waals surface area contributed by atoms with Crippen LogP contribution in [-0.2, 0) is 47.7 Å². The minimum atomic E-state index is -0.675. The van der Waals surface area contributed by atoms with Crippen molar-refractivity contribution in [2.75, 3.05) is 26.3 Å². The molecule has 0 aromatic rings. The summed E-state index contributed by atoms with van der Waals surface area (Å²) < 4.78 is 21.8. The Hall–Kier alpha value is -3.38. The van der Waals surface area contributed by atoms with Crippen molar-refractivity contribution < 1.29 is 47.7 Å². The first-order chi connectivity index (χ1) is 24.2. The van der Waals surface area contributed by atoms with E-state index in [1.165, 1.54) is 9.80 Å². The molecule has 3 fully saturated rings. The molecule has 0 N–H and O–H groups in total. The molecule has 1 heterocycles. The van der Waals surface area contributed by atoms with Gasteiger partial charge in [0.15, 0.2) is 12.6 Å². The average Bonchev–Trinajstić information content (AvgIpc) is 3.93. The fraction of sp³-hybridized carbons (Fsp3) is 0.737. The van der Waals surface area contributed by atoms with Crippen LogP contribution in [0, 0.1) is 41.4 Å². The molecule has 0 spiro atoms. The maximum Gasteiger partial charge on any atom is 0.308 e. The number of esters is 2. The molecule has 5 rings (SSSR count). The van der Waals surface area contributed by atoms with Crippen LogP contribution in [0.5, 0.6) is 0 Å². The maximum absolute atomic E-state index is 12.8. The van der Waals surface area contributed by atoms with Gasteiger partial charge in [-0.1, -0.05) is 37.1 Å². The van der Waals surface area contributed by atoms with Crippen LogP contribution in [0.25, 0.3) is 0 Å². The molecule has 9 atom stereocenters. The summed E-state index contributed by atoms with van der Waals surface area (Å²) in [7, 11) is 0. The number of amides is 4. The van der Waals surface area contributed by atoms with Gasteiger partial charge in [-0.15, -0.1) is 0 Å². The van der Waals surface area contributed by atoms with Gasteiger partial charge < -0.3 is 18.9 Å². The summed E-state index contributed by atoms with van der Waals surface area (Å²) in [6.45, 7) is 4.90. The maximum atomic E-state index is 12.8. The molecule has 0 radical (unpaired) electrons. The zero-order valence-electron chi connectivity index (χ0n) is 29.6. The lowest BCUT2D eigenvalue weighted by molar-refractivity contribution is -0.178. The number of carbonyl (C=O) groups excluding carboxylic acids is 6. The van der Waals surface area contributed by atoms with Crippen LogP contribution in [0.4, 0.5) is 0 Å². The van der Waals surface area contributed by atoms with Gasteiger partial charge >= 0.3 is 11.9 Å². The van der Waals surface area contributed by atoms with Crippen LogP contribution < -0.4 is 0 Å². The molecule has 276 valence electrons. The lowest BCUT2D eigenvalue weighted by Crippen LogP contribution is -2.37. The molecule has 4 aliphatic carbocycles. The van der Waals surface area contributed by atoms with E-state index in [1.807, 2.05) is 0 Å². The number of unbranched alkanes of at least 4 members (excludes halogenated alkanes) is 5. The second-order valence-electron chi connectivity index (χ2n) is 14.5. The fourth-order valence-corrected chi connectivity index (χ4v) is 8.38. The largest absolute Gasteiger partial charge is 0.436 e. The predicted molar refractivity (Wildman–Crippen MR) is 180 cm³/mol. The molecule has 0 aromatic carbocycles. The number of rotatable bonds is 23. The molecule has 1 saturated heterocycles. The zero-order valence-corrected chi connectivity index (χ0v) is 29.6. The van der Waals surface area contributed by atoms with E-state index in [1.54, 1.807) is 13.8 Å². The van der Waals surface area contributed by atoms with E-state index in [4.69, 9.17) is 18.9 Å². The van der Waals surface area contributed by atoms with Gasteiger partial charge in [0.2, 0.25) is 24.1 Å². The Morgan fingerprint density at radius 2 is 1.30 bits per heavy atom. The van der Waals surface area contributed by atoms with Gasteiger partial charge in [-0.2, -0.15) is 0 Å². The summed E-state index contributed by atoms with van der Waals surface area (Å²) in [6, 6.07) is 0. The minimum Gasteiger partial charge on any atom is -0.436 e. The molecule has 1 aliphatic heterocycles. The van der Waals surface area contributed by atoms with E-state index in [-0.39, 0.29) is 78.0 Å². The standard InChI is InChI=1S/C38H54N2O10/c1-25(49-32(42)11-5-3-7-17-39(24-41)36(44)31-22-27-13-14-28(31)21-27)47-19-9-10-20-48-26(2)50-33(43)12-6-4-8-18-40-37(45)34-29-15-16-30(23-29)35(34)38(40)46/h13-16,24-31,34-35H,3-12,17-23H2,1-2H3. The second-order valence-corrected chi connectivity index (χ2v) is 14.5. The first-order valence-corrected chi connectivity index (χ1v) is 18.8. The summed E-state index contributed by atoms with van der Waals surface area (Å²) in [5, 5.41) is 0. The van der Waals surface area contributed by atoms with E-state index in [0.717, 1.165) is 25.7 Å². The van der Waals surface area contributed by atoms with Gasteiger partial charge in [0.25, 0.3) is 0 Å². The van der Waals surface area contributed by atoms with Gasteiger partial charge in [-0.3, -0.25) is 38.6 Å². The van der Waals surface area contributed by atoms with Crippen molar-refractivity contribution in [1.82, 2.24) is 9.80 Å². The van der Waals surface area contributed by atoms with Crippen molar-refractivity contribution in [3.8, 4) is 0 Å². The number of ether oxygens (including phenoxy) is 4. The number of likely N-dealkylation sites (tertiary alicyclic amines) is 1. The van der Waals surface area contributed by atoms with Gasteiger partial charge in [-0.05, 0) is 95.3 Å². The Kier molecular flexibility index (Phi) is 13.8. The lowest BCUT2D eigenvalue weighted by Gasteiger charge is -2.23. The lowest BCUT2D eigenvalue weighted by atomic mass is 9.85. The van der Waals surface area contributed by atoms with Crippen molar-refractivity contribution in [3.05, 3.63) is 24.3 Å². The normalized spacial score (nSPS) is 28.3. The number of nitrogens with zero attached hydrogens (tertiary/aromatic N) is 2. The molecule has 12 heteroatoms. The molecule has 12 nitrogen and oxygen atoms in total. The highest BCUT2D eigenvalue weighted by Crippen LogP contribution is 2.52. The number of imide groups is 2. The number of fused-ring (bicyclic) bond motifs is 7. The number of allylic oxidation sites excluding steroid dienone is 4. The summed E-state index contributed by atoms with van der Waals surface area (Å²) >= 11 is 0. The third-order valence-corrected chi connectivity index (χ3v) is 10.9. The zero-order chi connectivity index (χ0) is 35.6. The molecular weight excluding hydrogens is 644 g/mol. The van der Waals surface area contributed by atoms with Crippen molar-refractivity contribution in [1.29, 1.82) is 0 Å². The summed E-state index contributed by atoms with van der Waals surface area (Å²) in [5.41, 5.74) is 0. The van der Waals surface area contributed by atoms with Crippen LogP contribution in [0.3, 0.4) is 0 Å². The Morgan fingerprint density at radius 3 is 1.82 bits per heavy atom. The molecule has 0 aromatic heterocycles. The topological polar surface area (TPSA) is 146 Å². The molecular formula is C38H54N2O10. The fourth-order valence-electron chi connectivity index (χ4n) is 8.38. The van der Waals surface area contributed by atoms with Crippen molar-refractivity contribution in [2.45, 2.75) is 110 Å². The second kappa shape index (κ2) is 18.2. The minimum absolute atomic E-state index is 0.0235. The Morgan fingerprint density at radius 1 is 0.740 bits per heavy atom. The highest BCUT2D eigenvalue weighted by molar-refractivity contribution is 6.06.